The lowest BCUT2D eigenvalue weighted by Gasteiger charge is -2.03. The Morgan fingerprint density at radius 2 is 2.04 bits per heavy atom. The molecule has 1 amide bonds. The summed E-state index contributed by atoms with van der Waals surface area (Å²) in [6.07, 6.45) is 1.42. The smallest absolute Gasteiger partial charge is 0.348 e. The van der Waals surface area contributed by atoms with Crippen molar-refractivity contribution in [2.45, 2.75) is 6.61 Å². The maximum absolute atomic E-state index is 12.1. The summed E-state index contributed by atoms with van der Waals surface area (Å²) in [5.41, 5.74) is 0.804. The third-order valence-corrected chi connectivity index (χ3v) is 4.26. The van der Waals surface area contributed by atoms with E-state index in [1.54, 1.807) is 42.5 Å². The van der Waals surface area contributed by atoms with E-state index in [1.165, 1.54) is 6.26 Å². The molecule has 3 aromatic rings. The van der Waals surface area contributed by atoms with Crippen molar-refractivity contribution in [1.82, 2.24) is 0 Å². The fraction of sp³-hybridized carbons (Fsp3) is 0.0588. The van der Waals surface area contributed by atoms with Gasteiger partial charge in [-0.15, -0.1) is 11.3 Å². The Labute approximate surface area is 146 Å². The molecule has 0 saturated carbocycles. The van der Waals surface area contributed by atoms with Crippen LogP contribution in [-0.4, -0.2) is 11.9 Å². The number of esters is 1. The van der Waals surface area contributed by atoms with E-state index in [2.05, 4.69) is 5.32 Å². The first-order valence-electron chi connectivity index (χ1n) is 6.98. The van der Waals surface area contributed by atoms with Crippen LogP contribution in [0.3, 0.4) is 0 Å². The maximum Gasteiger partial charge on any atom is 0.348 e. The second kappa shape index (κ2) is 7.33. The zero-order valence-corrected chi connectivity index (χ0v) is 13.9. The number of nitrogens with one attached hydrogen (secondary N) is 1. The summed E-state index contributed by atoms with van der Waals surface area (Å²) in [4.78, 5) is 24.3. The van der Waals surface area contributed by atoms with Crippen molar-refractivity contribution < 1.29 is 18.7 Å². The van der Waals surface area contributed by atoms with Crippen LogP contribution in [0, 0.1) is 0 Å². The predicted octanol–water partition coefficient (Wildman–Crippen LogP) is 4.60. The van der Waals surface area contributed by atoms with Crippen LogP contribution in [0.5, 0.6) is 0 Å². The van der Waals surface area contributed by atoms with Crippen LogP contribution >= 0.6 is 22.9 Å². The molecule has 5 nitrogen and oxygen atoms in total. The molecule has 0 saturated heterocycles. The highest BCUT2D eigenvalue weighted by atomic mass is 35.5. The fourth-order valence-corrected chi connectivity index (χ4v) is 2.95. The van der Waals surface area contributed by atoms with Crippen molar-refractivity contribution in [3.63, 3.8) is 0 Å². The van der Waals surface area contributed by atoms with Crippen LogP contribution < -0.4 is 5.32 Å². The SMILES string of the molecule is O=C(Nc1ccc(C(=O)OCc2cccc(Cl)c2)s1)c1ccco1. The van der Waals surface area contributed by atoms with E-state index in [-0.39, 0.29) is 18.3 Å². The van der Waals surface area contributed by atoms with E-state index in [9.17, 15) is 9.59 Å². The number of furan rings is 1. The van der Waals surface area contributed by atoms with Crippen molar-refractivity contribution in [1.29, 1.82) is 0 Å². The summed E-state index contributed by atoms with van der Waals surface area (Å²) in [5.74, 6) is -0.632. The lowest BCUT2D eigenvalue weighted by Crippen LogP contribution is -2.09. The molecule has 0 unspecified atom stereocenters. The Balaban J connectivity index is 1.58. The number of carbonyl (C=O) groups excluding carboxylic acids is 2. The number of hydrogen-bond acceptors (Lipinski definition) is 5. The van der Waals surface area contributed by atoms with E-state index in [0.717, 1.165) is 16.9 Å². The van der Waals surface area contributed by atoms with Gasteiger partial charge in [0, 0.05) is 5.02 Å². The highest BCUT2D eigenvalue weighted by Gasteiger charge is 2.14. The van der Waals surface area contributed by atoms with Crippen LogP contribution in [0.25, 0.3) is 0 Å². The third-order valence-electron chi connectivity index (χ3n) is 3.05. The number of amides is 1. The van der Waals surface area contributed by atoms with Gasteiger partial charge in [-0.3, -0.25) is 4.79 Å². The van der Waals surface area contributed by atoms with E-state index in [4.69, 9.17) is 20.8 Å². The molecular weight excluding hydrogens is 350 g/mol. The highest BCUT2D eigenvalue weighted by Crippen LogP contribution is 2.24. The summed E-state index contributed by atoms with van der Waals surface area (Å²) >= 11 is 7.02. The molecule has 7 heteroatoms. The molecule has 122 valence electrons. The van der Waals surface area contributed by atoms with Crippen LogP contribution in [0.2, 0.25) is 5.02 Å². The fourth-order valence-electron chi connectivity index (χ4n) is 1.94. The zero-order valence-electron chi connectivity index (χ0n) is 12.3. The minimum Gasteiger partial charge on any atom is -0.459 e. The molecule has 0 aliphatic rings. The van der Waals surface area contributed by atoms with E-state index in [1.807, 2.05) is 6.07 Å². The number of halogens is 1. The van der Waals surface area contributed by atoms with Crippen LogP contribution in [0.4, 0.5) is 5.00 Å². The summed E-state index contributed by atoms with van der Waals surface area (Å²) in [6.45, 7) is 0.130. The summed E-state index contributed by atoms with van der Waals surface area (Å²) in [7, 11) is 0. The Hall–Kier alpha value is -2.57. The molecule has 1 aromatic carbocycles. The lowest BCUT2D eigenvalue weighted by atomic mass is 10.2. The normalized spacial score (nSPS) is 10.4. The van der Waals surface area contributed by atoms with Gasteiger partial charge in [-0.05, 0) is 42.0 Å². The topological polar surface area (TPSA) is 68.5 Å². The monoisotopic (exact) mass is 361 g/mol. The second-order valence-electron chi connectivity index (χ2n) is 4.80. The second-order valence-corrected chi connectivity index (χ2v) is 6.32. The quantitative estimate of drug-likeness (QED) is 0.674. The Bertz CT molecular complexity index is 857. The third kappa shape index (κ3) is 4.04. The van der Waals surface area contributed by atoms with Crippen LogP contribution in [0.1, 0.15) is 25.8 Å². The molecule has 2 aromatic heterocycles. The molecule has 24 heavy (non-hydrogen) atoms. The molecule has 0 atom stereocenters. The molecule has 0 aliphatic carbocycles. The number of thiophene rings is 1. The minimum absolute atomic E-state index is 0.130. The first kappa shape index (κ1) is 16.3. The Kier molecular flexibility index (Phi) is 4.98. The number of carbonyl (C=O) groups is 2. The molecular formula is C17H12ClNO4S. The van der Waals surface area contributed by atoms with Gasteiger partial charge < -0.3 is 14.5 Å². The number of benzene rings is 1. The summed E-state index contributed by atoms with van der Waals surface area (Å²) in [6, 6.07) is 13.5. The average Bonchev–Trinajstić information content (AvgIpc) is 3.24. The largest absolute Gasteiger partial charge is 0.459 e. The first-order chi connectivity index (χ1) is 11.6. The molecule has 0 radical (unpaired) electrons. The van der Waals surface area contributed by atoms with Crippen molar-refractivity contribution in [2.75, 3.05) is 5.32 Å². The zero-order chi connectivity index (χ0) is 16.9. The molecule has 2 heterocycles. The van der Waals surface area contributed by atoms with Crippen LogP contribution in [-0.2, 0) is 11.3 Å². The van der Waals surface area contributed by atoms with Gasteiger partial charge in [0.15, 0.2) is 5.76 Å². The van der Waals surface area contributed by atoms with Crippen molar-refractivity contribution in [3.05, 3.63) is 76.0 Å². The number of ether oxygens (including phenoxy) is 1. The maximum atomic E-state index is 12.1. The molecule has 0 aliphatic heterocycles. The van der Waals surface area contributed by atoms with Crippen molar-refractivity contribution in [3.8, 4) is 0 Å². The van der Waals surface area contributed by atoms with Gasteiger partial charge in [0.05, 0.1) is 11.3 Å². The Morgan fingerprint density at radius 1 is 1.17 bits per heavy atom. The highest BCUT2D eigenvalue weighted by molar-refractivity contribution is 7.18. The number of anilines is 1. The van der Waals surface area contributed by atoms with Crippen LogP contribution in [0.15, 0.2) is 59.2 Å². The number of hydrogen-bond donors (Lipinski definition) is 1. The van der Waals surface area contributed by atoms with Crippen molar-refractivity contribution >= 4 is 39.8 Å². The molecule has 0 spiro atoms. The predicted molar refractivity (Wildman–Crippen MR) is 91.6 cm³/mol. The Morgan fingerprint density at radius 3 is 2.79 bits per heavy atom. The van der Waals surface area contributed by atoms with Gasteiger partial charge in [0.2, 0.25) is 0 Å². The molecule has 0 bridgehead atoms. The summed E-state index contributed by atoms with van der Waals surface area (Å²) < 4.78 is 10.3. The lowest BCUT2D eigenvalue weighted by molar-refractivity contribution is 0.0478. The van der Waals surface area contributed by atoms with Crippen molar-refractivity contribution in [2.24, 2.45) is 0 Å². The van der Waals surface area contributed by atoms with Gasteiger partial charge >= 0.3 is 5.97 Å². The van der Waals surface area contributed by atoms with E-state index >= 15 is 0 Å². The van der Waals surface area contributed by atoms with Gasteiger partial charge in [0.1, 0.15) is 11.5 Å². The minimum atomic E-state index is -0.460. The van der Waals surface area contributed by atoms with E-state index in [0.29, 0.717) is 14.9 Å². The van der Waals surface area contributed by atoms with E-state index < -0.39 is 5.97 Å². The van der Waals surface area contributed by atoms with Gasteiger partial charge in [-0.1, -0.05) is 23.7 Å². The summed E-state index contributed by atoms with van der Waals surface area (Å²) in [5, 5.41) is 3.78. The van der Waals surface area contributed by atoms with Gasteiger partial charge in [-0.2, -0.15) is 0 Å². The molecule has 0 fully saturated rings. The van der Waals surface area contributed by atoms with Gasteiger partial charge in [0.25, 0.3) is 5.91 Å². The standard InChI is InChI=1S/C17H12ClNO4S/c18-12-4-1-3-11(9-12)10-23-17(21)14-6-7-15(24-14)19-16(20)13-5-2-8-22-13/h1-9H,10H2,(H,19,20). The van der Waals surface area contributed by atoms with Gasteiger partial charge in [-0.25, -0.2) is 4.79 Å². The molecule has 3 rings (SSSR count). The molecule has 1 N–H and O–H groups in total. The number of rotatable bonds is 5. The average molecular weight is 362 g/mol. The first-order valence-corrected chi connectivity index (χ1v) is 8.17.